The van der Waals surface area contributed by atoms with Crippen molar-refractivity contribution in [1.82, 2.24) is 10.3 Å². The van der Waals surface area contributed by atoms with Gasteiger partial charge in [-0.15, -0.1) is 0 Å². The first kappa shape index (κ1) is 24.2. The number of hydrogen-bond donors (Lipinski definition) is 4. The molecule has 0 aliphatic carbocycles. The lowest BCUT2D eigenvalue weighted by molar-refractivity contribution is -0.192. The summed E-state index contributed by atoms with van der Waals surface area (Å²) in [5.41, 5.74) is 5.21. The number of halogens is 4. The van der Waals surface area contributed by atoms with Crippen LogP contribution in [0.1, 0.15) is 24.3 Å². The summed E-state index contributed by atoms with van der Waals surface area (Å²) in [7, 11) is 0. The van der Waals surface area contributed by atoms with Crippen LogP contribution in [0, 0.1) is 0 Å². The largest absolute Gasteiger partial charge is 0.505 e. The van der Waals surface area contributed by atoms with Crippen LogP contribution in [0.5, 0.6) is 11.5 Å². The molecule has 1 aromatic heterocycles. The monoisotopic (exact) mass is 437 g/mol. The maximum absolute atomic E-state index is 12.0. The minimum Gasteiger partial charge on any atom is -0.505 e. The Labute approximate surface area is 168 Å². The van der Waals surface area contributed by atoms with Crippen LogP contribution in [0.15, 0.2) is 18.2 Å². The van der Waals surface area contributed by atoms with E-state index < -0.39 is 18.1 Å². The van der Waals surface area contributed by atoms with Crippen LogP contribution in [0.25, 0.3) is 10.8 Å². The zero-order valence-corrected chi connectivity index (χ0v) is 16.1. The summed E-state index contributed by atoms with van der Waals surface area (Å²) in [5, 5.41) is 21.0. The number of pyridine rings is 1. The molecule has 1 aromatic carbocycles. The van der Waals surface area contributed by atoms with E-state index in [1.807, 2.05) is 13.8 Å². The number of hydrogen-bond acceptors (Lipinski definition) is 6. The van der Waals surface area contributed by atoms with Crippen molar-refractivity contribution in [3.8, 4) is 11.5 Å². The molecule has 0 radical (unpaired) electrons. The van der Waals surface area contributed by atoms with Crippen LogP contribution in [0.3, 0.4) is 0 Å². The molecule has 0 aliphatic rings. The molecular formula is C17H19ClF3N3O5. The van der Waals surface area contributed by atoms with Gasteiger partial charge in [-0.2, -0.15) is 13.2 Å². The van der Waals surface area contributed by atoms with Gasteiger partial charge in [-0.3, -0.25) is 4.79 Å². The Bertz CT molecular complexity index is 891. The number of carboxylic acids is 1. The van der Waals surface area contributed by atoms with E-state index in [0.29, 0.717) is 23.1 Å². The Morgan fingerprint density at radius 3 is 2.38 bits per heavy atom. The molecule has 0 saturated heterocycles. The quantitative estimate of drug-likeness (QED) is 0.528. The first-order chi connectivity index (χ1) is 13.4. The molecule has 1 heterocycles. The predicted octanol–water partition coefficient (Wildman–Crippen LogP) is 2.70. The molecule has 0 bridgehead atoms. The molecule has 1 amide bonds. The third-order valence-corrected chi connectivity index (χ3v) is 3.45. The van der Waals surface area contributed by atoms with Crippen molar-refractivity contribution in [1.29, 1.82) is 0 Å². The molecule has 160 valence electrons. The van der Waals surface area contributed by atoms with Crippen molar-refractivity contribution in [3.05, 3.63) is 29.0 Å². The third kappa shape index (κ3) is 6.95. The Kier molecular flexibility index (Phi) is 8.46. The van der Waals surface area contributed by atoms with E-state index in [-0.39, 0.29) is 29.2 Å². The summed E-state index contributed by atoms with van der Waals surface area (Å²) >= 11 is 6.14. The fraction of sp³-hybridized carbons (Fsp3) is 0.353. The zero-order valence-electron chi connectivity index (χ0n) is 15.4. The molecule has 12 heteroatoms. The third-order valence-electron chi connectivity index (χ3n) is 3.16. The van der Waals surface area contributed by atoms with Gasteiger partial charge in [0.25, 0.3) is 5.91 Å². The van der Waals surface area contributed by atoms with Crippen molar-refractivity contribution in [2.24, 2.45) is 5.73 Å². The first-order valence-electron chi connectivity index (χ1n) is 8.15. The second-order valence-electron chi connectivity index (χ2n) is 5.82. The summed E-state index contributed by atoms with van der Waals surface area (Å²) in [4.78, 5) is 24.8. The summed E-state index contributed by atoms with van der Waals surface area (Å²) in [5.74, 6) is -2.88. The van der Waals surface area contributed by atoms with Crippen LogP contribution >= 0.6 is 11.6 Å². The first-order valence-corrected chi connectivity index (χ1v) is 8.53. The van der Waals surface area contributed by atoms with Gasteiger partial charge in [0.15, 0.2) is 11.4 Å². The van der Waals surface area contributed by atoms with Crippen molar-refractivity contribution in [3.63, 3.8) is 0 Å². The average Bonchev–Trinajstić information content (AvgIpc) is 2.61. The van der Waals surface area contributed by atoms with E-state index in [0.717, 1.165) is 0 Å². The van der Waals surface area contributed by atoms with Crippen molar-refractivity contribution in [2.75, 3.05) is 13.1 Å². The topological polar surface area (TPSA) is 135 Å². The molecule has 29 heavy (non-hydrogen) atoms. The van der Waals surface area contributed by atoms with Crippen LogP contribution in [0.2, 0.25) is 5.15 Å². The van der Waals surface area contributed by atoms with Gasteiger partial charge in [0.05, 0.1) is 6.10 Å². The minimum absolute atomic E-state index is 0.0131. The fourth-order valence-electron chi connectivity index (χ4n) is 2.01. The number of aromatic hydroxyl groups is 1. The maximum atomic E-state index is 12.0. The van der Waals surface area contributed by atoms with E-state index in [2.05, 4.69) is 10.3 Å². The Morgan fingerprint density at radius 1 is 1.31 bits per heavy atom. The predicted molar refractivity (Wildman–Crippen MR) is 99.3 cm³/mol. The molecular weight excluding hydrogens is 419 g/mol. The number of nitrogens with one attached hydrogen (secondary N) is 1. The second kappa shape index (κ2) is 10.1. The number of amides is 1. The minimum atomic E-state index is -5.08. The number of benzene rings is 1. The van der Waals surface area contributed by atoms with Crippen molar-refractivity contribution >= 4 is 34.2 Å². The molecule has 0 fully saturated rings. The molecule has 2 aromatic rings. The van der Waals surface area contributed by atoms with E-state index in [9.17, 15) is 23.1 Å². The number of nitrogens with two attached hydrogens (primary N) is 1. The SMILES string of the molecule is CC(C)Oc1ccc2c(O)c(C(=O)NCCN)nc(Cl)c2c1.O=C(O)C(F)(F)F. The number of aromatic nitrogens is 1. The fourth-order valence-corrected chi connectivity index (χ4v) is 2.25. The number of fused-ring (bicyclic) bond motifs is 1. The smallest absolute Gasteiger partial charge is 0.490 e. The molecule has 8 nitrogen and oxygen atoms in total. The number of carbonyl (C=O) groups is 2. The Balaban J connectivity index is 0.000000516. The van der Waals surface area contributed by atoms with Gasteiger partial charge in [0.1, 0.15) is 10.9 Å². The highest BCUT2D eigenvalue weighted by atomic mass is 35.5. The van der Waals surface area contributed by atoms with E-state index in [1.165, 1.54) is 0 Å². The summed E-state index contributed by atoms with van der Waals surface area (Å²) in [6.07, 6.45) is -5.07. The average molecular weight is 438 g/mol. The Morgan fingerprint density at radius 2 is 1.90 bits per heavy atom. The van der Waals surface area contributed by atoms with Crippen LogP contribution in [-0.2, 0) is 4.79 Å². The zero-order chi connectivity index (χ0) is 22.4. The normalized spacial score (nSPS) is 11.0. The standard InChI is InChI=1S/C15H18ClN3O3.C2HF3O2/c1-8(2)22-9-3-4-10-11(7-9)14(16)19-12(13(10)20)15(21)18-6-5-17;3-2(4,5)1(6)7/h3-4,7-8,20H,5-6,17H2,1-2H3,(H,18,21);(H,6,7). The van der Waals surface area contributed by atoms with Gasteiger partial charge in [-0.1, -0.05) is 11.6 Å². The van der Waals surface area contributed by atoms with Gasteiger partial charge < -0.3 is 26.0 Å². The summed E-state index contributed by atoms with van der Waals surface area (Å²) in [6, 6.07) is 5.04. The molecule has 5 N–H and O–H groups in total. The van der Waals surface area contributed by atoms with Crippen LogP contribution in [-0.4, -0.2) is 52.4 Å². The number of carbonyl (C=O) groups excluding carboxylic acids is 1. The van der Waals surface area contributed by atoms with Gasteiger partial charge >= 0.3 is 12.1 Å². The number of alkyl halides is 3. The molecule has 0 spiro atoms. The number of nitrogens with zero attached hydrogens (tertiary/aromatic N) is 1. The molecule has 0 atom stereocenters. The maximum Gasteiger partial charge on any atom is 0.490 e. The lowest BCUT2D eigenvalue weighted by Gasteiger charge is -2.13. The number of ether oxygens (including phenoxy) is 1. The van der Waals surface area contributed by atoms with Crippen LogP contribution in [0.4, 0.5) is 13.2 Å². The van der Waals surface area contributed by atoms with Crippen molar-refractivity contribution in [2.45, 2.75) is 26.1 Å². The lowest BCUT2D eigenvalue weighted by Crippen LogP contribution is -2.29. The second-order valence-corrected chi connectivity index (χ2v) is 6.18. The highest BCUT2D eigenvalue weighted by molar-refractivity contribution is 6.35. The van der Waals surface area contributed by atoms with E-state index in [4.69, 9.17) is 32.0 Å². The number of rotatable bonds is 5. The molecule has 2 rings (SSSR count). The van der Waals surface area contributed by atoms with Crippen LogP contribution < -0.4 is 15.8 Å². The van der Waals surface area contributed by atoms with E-state index >= 15 is 0 Å². The van der Waals surface area contributed by atoms with Crippen molar-refractivity contribution < 1.29 is 37.7 Å². The molecule has 0 saturated carbocycles. The lowest BCUT2D eigenvalue weighted by atomic mass is 10.1. The van der Waals surface area contributed by atoms with Gasteiger partial charge in [-0.05, 0) is 32.0 Å². The number of aliphatic carboxylic acids is 1. The summed E-state index contributed by atoms with van der Waals surface area (Å²) < 4.78 is 37.3. The highest BCUT2D eigenvalue weighted by Gasteiger charge is 2.38. The van der Waals surface area contributed by atoms with Gasteiger partial charge in [0.2, 0.25) is 0 Å². The summed E-state index contributed by atoms with van der Waals surface area (Å²) in [6.45, 7) is 4.40. The van der Waals surface area contributed by atoms with Gasteiger partial charge in [0, 0.05) is 23.9 Å². The highest BCUT2D eigenvalue weighted by Crippen LogP contribution is 2.34. The molecule has 0 unspecified atom stereocenters. The van der Waals surface area contributed by atoms with E-state index in [1.54, 1.807) is 18.2 Å². The Hall–Kier alpha value is -2.79. The number of carboxylic acid groups (broad SMARTS) is 1. The van der Waals surface area contributed by atoms with Gasteiger partial charge in [-0.25, -0.2) is 9.78 Å². The molecule has 0 aliphatic heterocycles.